The van der Waals surface area contributed by atoms with Crippen LogP contribution in [0.3, 0.4) is 0 Å². The zero-order valence-corrected chi connectivity index (χ0v) is 30.7. The van der Waals surface area contributed by atoms with Gasteiger partial charge < -0.3 is 9.47 Å². The van der Waals surface area contributed by atoms with Crippen molar-refractivity contribution in [2.24, 2.45) is 0 Å². The Labute approximate surface area is 316 Å². The first-order chi connectivity index (χ1) is 26.4. The van der Waals surface area contributed by atoms with E-state index < -0.39 is 0 Å². The number of ether oxygens (including phenoxy) is 2. The number of rotatable bonds is 6. The summed E-state index contributed by atoms with van der Waals surface area (Å²) in [4.78, 5) is 10.1. The van der Waals surface area contributed by atoms with Gasteiger partial charge in [0.2, 0.25) is 0 Å². The molecule has 5 nitrogen and oxygen atoms in total. The van der Waals surface area contributed by atoms with Gasteiger partial charge in [-0.15, -0.1) is 0 Å². The fourth-order valence-corrected chi connectivity index (χ4v) is 8.25. The third kappa shape index (κ3) is 5.16. The van der Waals surface area contributed by atoms with Gasteiger partial charge in [0.15, 0.2) is 0 Å². The van der Waals surface area contributed by atoms with E-state index in [-0.39, 0.29) is 18.5 Å². The van der Waals surface area contributed by atoms with Crippen LogP contribution in [0.1, 0.15) is 50.7 Å². The number of aromatic nitrogens is 3. The molecule has 10 rings (SSSR count). The molecule has 54 heavy (non-hydrogen) atoms. The highest BCUT2D eigenvalue weighted by Gasteiger charge is 2.43. The number of para-hydroxylation sites is 3. The maximum Gasteiger partial charge on any atom is 0.260 e. The molecule has 0 unspecified atom stereocenters. The van der Waals surface area contributed by atoms with Gasteiger partial charge in [-0.25, -0.2) is 4.98 Å². The Bertz CT molecular complexity index is 2710. The summed E-state index contributed by atoms with van der Waals surface area (Å²) in [5, 5.41) is 0. The molecule has 0 saturated heterocycles. The molecule has 0 aliphatic carbocycles. The van der Waals surface area contributed by atoms with E-state index in [9.17, 15) is 0 Å². The lowest BCUT2D eigenvalue weighted by molar-refractivity contribution is 0.452. The SMILES string of the molecule is CC(C)c1cc(C(C)C)c2c3c1Oc1ccc(-c4cc(-c5ccccc5)ccn4)cc1B3c1cc(-c3nc4ccccc4n3-c3ccccc3)ccc1O2. The van der Waals surface area contributed by atoms with E-state index >= 15 is 0 Å². The average Bonchev–Trinajstić information content (AvgIpc) is 3.60. The Kier molecular flexibility index (Phi) is 7.55. The van der Waals surface area contributed by atoms with Crippen molar-refractivity contribution in [3.63, 3.8) is 0 Å². The summed E-state index contributed by atoms with van der Waals surface area (Å²) in [5.41, 5.74) is 14.0. The van der Waals surface area contributed by atoms with E-state index in [0.717, 1.165) is 89.9 Å². The minimum atomic E-state index is -0.134. The molecule has 2 aliphatic rings. The molecular weight excluding hydrogens is 661 g/mol. The van der Waals surface area contributed by atoms with Crippen LogP contribution in [0.15, 0.2) is 146 Å². The van der Waals surface area contributed by atoms with Crippen LogP contribution < -0.4 is 25.9 Å². The Balaban J connectivity index is 1.20. The number of hydrogen-bond donors (Lipinski definition) is 0. The van der Waals surface area contributed by atoms with Crippen molar-refractivity contribution in [2.45, 2.75) is 39.5 Å². The van der Waals surface area contributed by atoms with Crippen molar-refractivity contribution in [2.75, 3.05) is 0 Å². The first kappa shape index (κ1) is 32.3. The standard InChI is InChI=1S/C48H38BN3O2/c1-29(2)36-28-37(30(3)4)47-45-46(36)53-43-21-19-33(41-27-32(23-24-50-41)31-13-7-5-8-14-31)25-38(43)49(45)39-26-34(20-22-44(39)54-47)48-51-40-17-11-12-18-42(40)52(48)35-15-9-6-10-16-35/h5-30H,1-4H3. The molecule has 6 heteroatoms. The number of pyridine rings is 1. The zero-order chi connectivity index (χ0) is 36.5. The third-order valence-electron chi connectivity index (χ3n) is 10.9. The van der Waals surface area contributed by atoms with Crippen LogP contribution in [0.4, 0.5) is 0 Å². The summed E-state index contributed by atoms with van der Waals surface area (Å²) >= 11 is 0. The quantitative estimate of drug-likeness (QED) is 0.162. The Hall–Kier alpha value is -6.40. The van der Waals surface area contributed by atoms with Gasteiger partial charge in [0.05, 0.1) is 16.7 Å². The molecule has 0 bridgehead atoms. The first-order valence-electron chi connectivity index (χ1n) is 18.8. The summed E-state index contributed by atoms with van der Waals surface area (Å²) in [7, 11) is 0. The summed E-state index contributed by atoms with van der Waals surface area (Å²) < 4.78 is 16.2. The molecule has 0 N–H and O–H groups in total. The average molecular weight is 700 g/mol. The van der Waals surface area contributed by atoms with E-state index in [0.29, 0.717) is 0 Å². The molecule has 4 heterocycles. The highest BCUT2D eigenvalue weighted by atomic mass is 16.5. The second kappa shape index (κ2) is 12.6. The Morgan fingerprint density at radius 1 is 0.556 bits per heavy atom. The predicted molar refractivity (Wildman–Crippen MR) is 221 cm³/mol. The van der Waals surface area contributed by atoms with Crippen molar-refractivity contribution in [3.05, 3.63) is 157 Å². The summed E-state index contributed by atoms with van der Waals surface area (Å²) in [5.74, 6) is 4.93. The molecule has 260 valence electrons. The summed E-state index contributed by atoms with van der Waals surface area (Å²) in [6.45, 7) is 8.84. The van der Waals surface area contributed by atoms with Gasteiger partial charge in [0.25, 0.3) is 6.71 Å². The van der Waals surface area contributed by atoms with E-state index in [1.165, 1.54) is 11.1 Å². The lowest BCUT2D eigenvalue weighted by Gasteiger charge is -2.36. The molecule has 8 aromatic rings. The fourth-order valence-electron chi connectivity index (χ4n) is 8.25. The first-order valence-corrected chi connectivity index (χ1v) is 18.8. The van der Waals surface area contributed by atoms with Crippen LogP contribution in [0, 0.1) is 0 Å². The van der Waals surface area contributed by atoms with Crippen molar-refractivity contribution >= 4 is 34.1 Å². The van der Waals surface area contributed by atoms with E-state index in [1.807, 2.05) is 18.3 Å². The molecule has 0 amide bonds. The topological polar surface area (TPSA) is 49.2 Å². The zero-order valence-electron chi connectivity index (χ0n) is 30.7. The Morgan fingerprint density at radius 3 is 1.85 bits per heavy atom. The predicted octanol–water partition coefficient (Wildman–Crippen LogP) is 10.4. The molecule has 0 radical (unpaired) electrons. The summed E-state index contributed by atoms with van der Waals surface area (Å²) in [6.07, 6.45) is 1.90. The van der Waals surface area contributed by atoms with Crippen LogP contribution in [0.5, 0.6) is 23.0 Å². The smallest absolute Gasteiger partial charge is 0.260 e. The van der Waals surface area contributed by atoms with Gasteiger partial charge in [-0.2, -0.15) is 0 Å². The molecular formula is C48H38BN3O2. The van der Waals surface area contributed by atoms with Crippen LogP contribution in [0.25, 0.3) is 50.5 Å². The van der Waals surface area contributed by atoms with E-state index in [4.69, 9.17) is 19.4 Å². The maximum absolute atomic E-state index is 6.99. The fraction of sp³-hybridized carbons (Fsp3) is 0.125. The van der Waals surface area contributed by atoms with Gasteiger partial charge >= 0.3 is 0 Å². The highest BCUT2D eigenvalue weighted by Crippen LogP contribution is 2.44. The monoisotopic (exact) mass is 699 g/mol. The molecule has 2 aliphatic heterocycles. The third-order valence-corrected chi connectivity index (χ3v) is 10.9. The van der Waals surface area contributed by atoms with Crippen LogP contribution in [-0.4, -0.2) is 21.2 Å². The van der Waals surface area contributed by atoms with Crippen LogP contribution in [-0.2, 0) is 0 Å². The lowest BCUT2D eigenvalue weighted by atomic mass is 9.34. The second-order valence-corrected chi connectivity index (χ2v) is 15.0. The van der Waals surface area contributed by atoms with Gasteiger partial charge in [-0.3, -0.25) is 9.55 Å². The molecule has 0 saturated carbocycles. The molecule has 0 atom stereocenters. The maximum atomic E-state index is 6.99. The minimum Gasteiger partial charge on any atom is -0.458 e. The van der Waals surface area contributed by atoms with Gasteiger partial charge in [-0.05, 0) is 117 Å². The highest BCUT2D eigenvalue weighted by molar-refractivity contribution is 6.98. The number of nitrogens with zero attached hydrogens (tertiary/aromatic N) is 3. The largest absolute Gasteiger partial charge is 0.458 e. The summed E-state index contributed by atoms with van der Waals surface area (Å²) in [6, 6.07) is 49.0. The van der Waals surface area contributed by atoms with Gasteiger partial charge in [0.1, 0.15) is 28.8 Å². The molecule has 0 spiro atoms. The van der Waals surface area contributed by atoms with Crippen LogP contribution in [0.2, 0.25) is 0 Å². The lowest BCUT2D eigenvalue weighted by Crippen LogP contribution is -2.58. The van der Waals surface area contributed by atoms with Crippen molar-refractivity contribution < 1.29 is 9.47 Å². The van der Waals surface area contributed by atoms with Gasteiger partial charge in [-0.1, -0.05) is 100 Å². The number of imidazole rings is 1. The number of benzene rings is 6. The number of hydrogen-bond acceptors (Lipinski definition) is 4. The van der Waals surface area contributed by atoms with Crippen LogP contribution >= 0.6 is 0 Å². The van der Waals surface area contributed by atoms with Crippen molar-refractivity contribution in [1.29, 1.82) is 0 Å². The Morgan fingerprint density at radius 2 is 1.17 bits per heavy atom. The molecule has 2 aromatic heterocycles. The second-order valence-electron chi connectivity index (χ2n) is 15.0. The minimum absolute atomic E-state index is 0.134. The van der Waals surface area contributed by atoms with Crippen molar-refractivity contribution in [1.82, 2.24) is 14.5 Å². The van der Waals surface area contributed by atoms with Gasteiger partial charge in [0, 0.05) is 22.9 Å². The van der Waals surface area contributed by atoms with E-state index in [1.54, 1.807) is 0 Å². The van der Waals surface area contributed by atoms with Crippen molar-refractivity contribution in [3.8, 4) is 62.5 Å². The normalized spacial score (nSPS) is 12.7. The molecule has 6 aromatic carbocycles. The molecule has 0 fully saturated rings. The number of fused-ring (bicyclic) bond motifs is 5. The van der Waals surface area contributed by atoms with E-state index in [2.05, 4.69) is 160 Å².